The Morgan fingerprint density at radius 2 is 2.12 bits per heavy atom. The fraction of sp³-hybridized carbons (Fsp3) is 0.0833. The van der Waals surface area contributed by atoms with Crippen molar-refractivity contribution in [2.45, 2.75) is 4.90 Å². The minimum atomic E-state index is -3.27. The van der Waals surface area contributed by atoms with Crippen LogP contribution in [0.25, 0.3) is 6.08 Å². The molecule has 0 aromatic heterocycles. The summed E-state index contributed by atoms with van der Waals surface area (Å²) in [7, 11) is -1.54. The maximum absolute atomic E-state index is 11.7. The van der Waals surface area contributed by atoms with Gasteiger partial charge >= 0.3 is 0 Å². The highest BCUT2D eigenvalue weighted by Crippen LogP contribution is 2.35. The lowest BCUT2D eigenvalue weighted by Gasteiger charge is -2.07. The zero-order chi connectivity index (χ0) is 12.6. The van der Waals surface area contributed by atoms with Crippen molar-refractivity contribution in [1.82, 2.24) is 0 Å². The highest BCUT2D eigenvalue weighted by molar-refractivity contribution is 7.94. The van der Waals surface area contributed by atoms with Crippen LogP contribution in [0.2, 0.25) is 0 Å². The number of benzene rings is 1. The fourth-order valence-corrected chi connectivity index (χ4v) is 2.94. The van der Waals surface area contributed by atoms with E-state index in [1.54, 1.807) is 36.0 Å². The Bertz CT molecular complexity index is 643. The molecule has 17 heavy (non-hydrogen) atoms. The monoisotopic (exact) mass is 249 g/mol. The van der Waals surface area contributed by atoms with E-state index in [0.717, 1.165) is 5.69 Å². The molecular formula is C12H13N2O2S+. The van der Waals surface area contributed by atoms with E-state index >= 15 is 0 Å². The summed E-state index contributed by atoms with van der Waals surface area (Å²) in [6.45, 7) is 7.43. The van der Waals surface area contributed by atoms with Gasteiger partial charge in [0.2, 0.25) is 15.5 Å². The van der Waals surface area contributed by atoms with Crippen molar-refractivity contribution in [2.75, 3.05) is 12.4 Å². The smallest absolute Gasteiger partial charge is 0.234 e. The molecule has 1 aromatic rings. The summed E-state index contributed by atoms with van der Waals surface area (Å²) in [5, 5.41) is 4.17. The quantitative estimate of drug-likeness (QED) is 0.658. The summed E-state index contributed by atoms with van der Waals surface area (Å²) < 4.78 is 25.0. The molecule has 0 atom stereocenters. The number of rotatable bonds is 3. The summed E-state index contributed by atoms with van der Waals surface area (Å²) in [5.74, 6) is 0. The average molecular weight is 249 g/mol. The first-order valence-corrected chi connectivity index (χ1v) is 6.55. The van der Waals surface area contributed by atoms with Gasteiger partial charge in [0.1, 0.15) is 12.4 Å². The fourth-order valence-electron chi connectivity index (χ4n) is 1.73. The number of anilines is 1. The number of nitrogens with zero attached hydrogens (tertiary/aromatic N) is 1. The van der Waals surface area contributed by atoms with Crippen LogP contribution in [0, 0.1) is 0 Å². The van der Waals surface area contributed by atoms with Crippen molar-refractivity contribution in [2.24, 2.45) is 0 Å². The average Bonchev–Trinajstić information content (AvgIpc) is 2.62. The van der Waals surface area contributed by atoms with Crippen LogP contribution in [-0.4, -0.2) is 26.8 Å². The molecule has 0 aliphatic carbocycles. The molecule has 0 radical (unpaired) electrons. The topological polar surface area (TPSA) is 49.2 Å². The maximum atomic E-state index is 11.7. The van der Waals surface area contributed by atoms with Gasteiger partial charge in [-0.25, -0.2) is 8.42 Å². The number of hydrogen-bond acceptors (Lipinski definition) is 3. The third kappa shape index (κ3) is 1.78. The van der Waals surface area contributed by atoms with Crippen LogP contribution >= 0.6 is 0 Å². The summed E-state index contributed by atoms with van der Waals surface area (Å²) >= 11 is 0. The number of fused-ring (bicyclic) bond motifs is 1. The van der Waals surface area contributed by atoms with E-state index in [1.165, 1.54) is 5.41 Å². The molecule has 0 fully saturated rings. The van der Waals surface area contributed by atoms with Gasteiger partial charge in [-0.3, -0.25) is 0 Å². The van der Waals surface area contributed by atoms with Crippen LogP contribution in [0.1, 0.15) is 5.56 Å². The molecule has 0 amide bonds. The standard InChI is InChI=1S/C12H13N2O2S/c1-4-14(3)11-7-9-5-6-17(15,16)12(9)8-10(11)13-2/h4-8,13H,1,3H2,2H3/q+1. The molecule has 0 bridgehead atoms. The summed E-state index contributed by atoms with van der Waals surface area (Å²) in [5.41, 5.74) is 2.16. The lowest BCUT2D eigenvalue weighted by molar-refractivity contribution is -0.347. The van der Waals surface area contributed by atoms with Crippen LogP contribution in [-0.2, 0) is 9.84 Å². The second-order valence-corrected chi connectivity index (χ2v) is 5.46. The molecule has 4 nitrogen and oxygen atoms in total. The molecule has 0 unspecified atom stereocenters. The summed E-state index contributed by atoms with van der Waals surface area (Å²) in [6.07, 6.45) is 3.15. The van der Waals surface area contributed by atoms with Crippen LogP contribution in [0.5, 0.6) is 0 Å². The van der Waals surface area contributed by atoms with Gasteiger partial charge in [0.05, 0.1) is 4.90 Å². The molecule has 1 aliphatic rings. The van der Waals surface area contributed by atoms with E-state index in [9.17, 15) is 8.42 Å². The second kappa shape index (κ2) is 3.85. The highest BCUT2D eigenvalue weighted by atomic mass is 32.2. The Hall–Kier alpha value is -1.88. The number of sulfone groups is 1. The van der Waals surface area contributed by atoms with E-state index in [2.05, 4.69) is 18.6 Å². The molecule has 0 saturated heterocycles. The Labute approximate surface area is 101 Å². The van der Waals surface area contributed by atoms with E-state index in [1.807, 2.05) is 0 Å². The summed E-state index contributed by atoms with van der Waals surface area (Å²) in [6, 6.07) is 3.39. The number of hydrogen-bond donors (Lipinski definition) is 1. The molecule has 1 aliphatic heterocycles. The van der Waals surface area contributed by atoms with E-state index < -0.39 is 9.84 Å². The van der Waals surface area contributed by atoms with Gasteiger partial charge in [-0.1, -0.05) is 0 Å². The van der Waals surface area contributed by atoms with E-state index in [-0.39, 0.29) is 0 Å². The Morgan fingerprint density at radius 3 is 2.71 bits per heavy atom. The molecular weight excluding hydrogens is 236 g/mol. The van der Waals surface area contributed by atoms with E-state index in [4.69, 9.17) is 0 Å². The minimum Gasteiger partial charge on any atom is -0.383 e. The molecule has 1 heterocycles. The lowest BCUT2D eigenvalue weighted by atomic mass is 10.1. The van der Waals surface area contributed by atoms with Gasteiger partial charge in [0.15, 0.2) is 6.20 Å². The highest BCUT2D eigenvalue weighted by Gasteiger charge is 2.25. The summed E-state index contributed by atoms with van der Waals surface area (Å²) in [4.78, 5) is 0.322. The second-order valence-electron chi connectivity index (χ2n) is 3.66. The predicted molar refractivity (Wildman–Crippen MR) is 69.4 cm³/mol. The van der Waals surface area contributed by atoms with E-state index in [0.29, 0.717) is 16.1 Å². The van der Waals surface area contributed by atoms with Gasteiger partial charge < -0.3 is 5.32 Å². The van der Waals surface area contributed by atoms with Crippen LogP contribution in [0.15, 0.2) is 35.2 Å². The van der Waals surface area contributed by atoms with Gasteiger partial charge in [-0.05, 0) is 18.7 Å². The van der Waals surface area contributed by atoms with Gasteiger partial charge in [-0.15, -0.1) is 0 Å². The Balaban J connectivity index is 2.72. The van der Waals surface area contributed by atoms with Gasteiger partial charge in [0.25, 0.3) is 0 Å². The van der Waals surface area contributed by atoms with Crippen molar-refractivity contribution >= 4 is 34.0 Å². The molecule has 1 N–H and O–H groups in total. The molecule has 88 valence electrons. The third-order valence-corrected chi connectivity index (χ3v) is 4.12. The largest absolute Gasteiger partial charge is 0.383 e. The van der Waals surface area contributed by atoms with Crippen molar-refractivity contribution in [3.05, 3.63) is 35.9 Å². The van der Waals surface area contributed by atoms with Gasteiger partial charge in [-0.2, -0.15) is 4.58 Å². The van der Waals surface area contributed by atoms with Crippen molar-refractivity contribution in [1.29, 1.82) is 0 Å². The van der Waals surface area contributed by atoms with Crippen LogP contribution in [0.4, 0.5) is 11.4 Å². The third-order valence-electron chi connectivity index (χ3n) is 2.66. The van der Waals surface area contributed by atoms with Crippen molar-refractivity contribution in [3.63, 3.8) is 0 Å². The maximum Gasteiger partial charge on any atom is 0.234 e. The first-order chi connectivity index (χ1) is 7.99. The zero-order valence-electron chi connectivity index (χ0n) is 9.47. The normalized spacial score (nSPS) is 15.4. The molecule has 2 rings (SSSR count). The zero-order valence-corrected chi connectivity index (χ0v) is 10.3. The van der Waals surface area contributed by atoms with Crippen LogP contribution < -0.4 is 5.32 Å². The lowest BCUT2D eigenvalue weighted by Crippen LogP contribution is -2.01. The van der Waals surface area contributed by atoms with Crippen molar-refractivity contribution < 1.29 is 13.0 Å². The molecule has 0 saturated carbocycles. The predicted octanol–water partition coefficient (Wildman–Crippen LogP) is 1.97. The number of nitrogens with one attached hydrogen (secondary N) is 1. The van der Waals surface area contributed by atoms with Crippen LogP contribution in [0.3, 0.4) is 0 Å². The Morgan fingerprint density at radius 1 is 1.41 bits per heavy atom. The molecule has 1 aromatic carbocycles. The van der Waals surface area contributed by atoms with Crippen molar-refractivity contribution in [3.8, 4) is 0 Å². The molecule has 5 heteroatoms. The Kier molecular flexibility index (Phi) is 2.63. The van der Waals surface area contributed by atoms with Gasteiger partial charge in [0, 0.05) is 24.1 Å². The first kappa shape index (κ1) is 11.6. The minimum absolute atomic E-state index is 0.322. The SMILES string of the molecule is C=C[N+](=C)c1cc2c(cc1NC)S(=O)(=O)C=C2. The molecule has 0 spiro atoms. The first-order valence-electron chi connectivity index (χ1n) is 5.01.